The minimum atomic E-state index is 0.477. The van der Waals surface area contributed by atoms with E-state index in [2.05, 4.69) is 37.7 Å². The maximum Gasteiger partial charge on any atom is 0.0360 e. The quantitative estimate of drug-likeness (QED) is 0.434. The monoisotopic (exact) mass is 151 g/mol. The molecule has 1 heteroatoms. The maximum atomic E-state index is 3.89. The van der Waals surface area contributed by atoms with Gasteiger partial charge in [0.1, 0.15) is 0 Å². The third-order valence-corrected chi connectivity index (χ3v) is 1.97. The van der Waals surface area contributed by atoms with Crippen LogP contribution in [0.25, 0.3) is 0 Å². The molecule has 0 aromatic rings. The standard InChI is InChI=1S/C10H17N/c1-6-7-8(2)9(3)10(4)11-5/h6-8H,5H2,1-4H3/b7-6-,10-9+. The Kier molecular flexibility index (Phi) is 4.51. The lowest BCUT2D eigenvalue weighted by Gasteiger charge is -2.07. The van der Waals surface area contributed by atoms with Gasteiger partial charge in [0.15, 0.2) is 0 Å². The van der Waals surface area contributed by atoms with Crippen LogP contribution >= 0.6 is 0 Å². The largest absolute Gasteiger partial charge is 0.269 e. The van der Waals surface area contributed by atoms with Gasteiger partial charge in [0.2, 0.25) is 0 Å². The van der Waals surface area contributed by atoms with Crippen molar-refractivity contribution in [1.82, 2.24) is 0 Å². The van der Waals surface area contributed by atoms with Gasteiger partial charge in [0.25, 0.3) is 0 Å². The van der Waals surface area contributed by atoms with Crippen LogP contribution in [0.4, 0.5) is 0 Å². The fraction of sp³-hybridized carbons (Fsp3) is 0.500. The fourth-order valence-electron chi connectivity index (χ4n) is 0.887. The number of hydrogen-bond donors (Lipinski definition) is 0. The molecule has 0 saturated carbocycles. The number of aliphatic imine (C=N–C) groups is 1. The van der Waals surface area contributed by atoms with E-state index in [1.54, 1.807) is 0 Å². The van der Waals surface area contributed by atoms with Gasteiger partial charge in [-0.25, -0.2) is 0 Å². The molecule has 0 aromatic carbocycles. The summed E-state index contributed by atoms with van der Waals surface area (Å²) in [5, 5.41) is 0. The molecule has 11 heavy (non-hydrogen) atoms. The summed E-state index contributed by atoms with van der Waals surface area (Å²) in [5.74, 6) is 0.477. The summed E-state index contributed by atoms with van der Waals surface area (Å²) >= 11 is 0. The number of allylic oxidation sites excluding steroid dienone is 4. The third kappa shape index (κ3) is 3.17. The van der Waals surface area contributed by atoms with Crippen molar-refractivity contribution in [1.29, 1.82) is 0 Å². The zero-order valence-electron chi connectivity index (χ0n) is 7.89. The molecule has 62 valence electrons. The molecule has 0 aliphatic heterocycles. The topological polar surface area (TPSA) is 12.4 Å². The number of rotatable bonds is 3. The van der Waals surface area contributed by atoms with Gasteiger partial charge in [-0.15, -0.1) is 0 Å². The highest BCUT2D eigenvalue weighted by molar-refractivity contribution is 5.30. The summed E-state index contributed by atoms with van der Waals surface area (Å²) in [5.41, 5.74) is 2.33. The van der Waals surface area contributed by atoms with E-state index in [9.17, 15) is 0 Å². The molecular formula is C10H17N. The Balaban J connectivity index is 4.45. The Bertz CT molecular complexity index is 187. The van der Waals surface area contributed by atoms with E-state index in [1.807, 2.05) is 13.8 Å². The highest BCUT2D eigenvalue weighted by Crippen LogP contribution is 2.15. The van der Waals surface area contributed by atoms with E-state index in [0.717, 1.165) is 5.70 Å². The van der Waals surface area contributed by atoms with Crippen molar-refractivity contribution in [3.05, 3.63) is 23.4 Å². The molecule has 0 radical (unpaired) electrons. The Labute approximate surface area is 69.5 Å². The van der Waals surface area contributed by atoms with Gasteiger partial charge in [-0.1, -0.05) is 19.1 Å². The lowest BCUT2D eigenvalue weighted by molar-refractivity contribution is 0.839. The van der Waals surface area contributed by atoms with Crippen LogP contribution < -0.4 is 0 Å². The van der Waals surface area contributed by atoms with E-state index in [4.69, 9.17) is 0 Å². The predicted octanol–water partition coefficient (Wildman–Crippen LogP) is 3.19. The first-order valence-corrected chi connectivity index (χ1v) is 3.90. The second-order valence-corrected chi connectivity index (χ2v) is 2.74. The van der Waals surface area contributed by atoms with Crippen LogP contribution in [0.3, 0.4) is 0 Å². The molecule has 0 bridgehead atoms. The highest BCUT2D eigenvalue weighted by atomic mass is 14.7. The molecule has 0 N–H and O–H groups in total. The van der Waals surface area contributed by atoms with E-state index in [1.165, 1.54) is 5.57 Å². The molecule has 0 aromatic heterocycles. The molecule has 1 unspecified atom stereocenters. The van der Waals surface area contributed by atoms with E-state index in [-0.39, 0.29) is 0 Å². The van der Waals surface area contributed by atoms with Crippen LogP contribution in [0.1, 0.15) is 27.7 Å². The molecule has 0 amide bonds. The van der Waals surface area contributed by atoms with Gasteiger partial charge in [0.05, 0.1) is 0 Å². The SMILES string of the molecule is C=N/C(C)=C(\C)C(C)/C=C\C. The summed E-state index contributed by atoms with van der Waals surface area (Å²) in [6.07, 6.45) is 4.22. The average Bonchev–Trinajstić information content (AvgIpc) is 2.02. The zero-order valence-corrected chi connectivity index (χ0v) is 7.89. The Hall–Kier alpha value is -0.850. The van der Waals surface area contributed by atoms with Crippen LogP contribution in [0.5, 0.6) is 0 Å². The fourth-order valence-corrected chi connectivity index (χ4v) is 0.887. The molecule has 1 nitrogen and oxygen atoms in total. The Morgan fingerprint density at radius 2 is 2.00 bits per heavy atom. The molecular weight excluding hydrogens is 134 g/mol. The van der Waals surface area contributed by atoms with Crippen LogP contribution in [0, 0.1) is 5.92 Å². The summed E-state index contributed by atoms with van der Waals surface area (Å²) in [4.78, 5) is 3.89. The number of nitrogens with zero attached hydrogens (tertiary/aromatic N) is 1. The van der Waals surface area contributed by atoms with Crippen molar-refractivity contribution in [2.75, 3.05) is 0 Å². The molecule has 0 saturated heterocycles. The van der Waals surface area contributed by atoms with Crippen LogP contribution in [-0.4, -0.2) is 6.72 Å². The van der Waals surface area contributed by atoms with Crippen molar-refractivity contribution in [3.63, 3.8) is 0 Å². The summed E-state index contributed by atoms with van der Waals surface area (Å²) in [7, 11) is 0. The second kappa shape index (κ2) is 4.89. The smallest absolute Gasteiger partial charge is 0.0360 e. The molecule has 0 aliphatic carbocycles. The van der Waals surface area contributed by atoms with E-state index >= 15 is 0 Å². The molecule has 0 spiro atoms. The van der Waals surface area contributed by atoms with E-state index < -0.39 is 0 Å². The molecule has 0 rings (SSSR count). The lowest BCUT2D eigenvalue weighted by Crippen LogP contribution is -1.93. The maximum absolute atomic E-state index is 3.89. The van der Waals surface area contributed by atoms with Crippen molar-refractivity contribution in [2.45, 2.75) is 27.7 Å². The van der Waals surface area contributed by atoms with Crippen LogP contribution in [-0.2, 0) is 0 Å². The predicted molar refractivity (Wildman–Crippen MR) is 51.9 cm³/mol. The summed E-state index contributed by atoms with van der Waals surface area (Å²) < 4.78 is 0. The van der Waals surface area contributed by atoms with Gasteiger partial charge < -0.3 is 0 Å². The van der Waals surface area contributed by atoms with Gasteiger partial charge >= 0.3 is 0 Å². The van der Waals surface area contributed by atoms with E-state index in [0.29, 0.717) is 5.92 Å². The van der Waals surface area contributed by atoms with Crippen LogP contribution in [0.2, 0.25) is 0 Å². The Morgan fingerprint density at radius 1 is 1.45 bits per heavy atom. The minimum Gasteiger partial charge on any atom is -0.269 e. The van der Waals surface area contributed by atoms with Crippen molar-refractivity contribution in [3.8, 4) is 0 Å². The average molecular weight is 151 g/mol. The van der Waals surface area contributed by atoms with Crippen molar-refractivity contribution in [2.24, 2.45) is 10.9 Å². The lowest BCUT2D eigenvalue weighted by atomic mass is 10.0. The van der Waals surface area contributed by atoms with Crippen LogP contribution in [0.15, 0.2) is 28.4 Å². The van der Waals surface area contributed by atoms with Crippen molar-refractivity contribution >= 4 is 6.72 Å². The zero-order chi connectivity index (χ0) is 8.85. The van der Waals surface area contributed by atoms with Gasteiger partial charge in [0, 0.05) is 5.70 Å². The first-order chi connectivity index (χ1) is 5.13. The van der Waals surface area contributed by atoms with Crippen molar-refractivity contribution < 1.29 is 0 Å². The minimum absolute atomic E-state index is 0.477. The first-order valence-electron chi connectivity index (χ1n) is 3.90. The summed E-state index contributed by atoms with van der Waals surface area (Å²) in [6, 6.07) is 0. The van der Waals surface area contributed by atoms with Gasteiger partial charge in [-0.2, -0.15) is 0 Å². The highest BCUT2D eigenvalue weighted by Gasteiger charge is 2.01. The first kappa shape index (κ1) is 10.2. The summed E-state index contributed by atoms with van der Waals surface area (Å²) in [6.45, 7) is 11.8. The molecule has 1 atom stereocenters. The van der Waals surface area contributed by atoms with Gasteiger partial charge in [-0.3, -0.25) is 4.99 Å². The molecule has 0 fully saturated rings. The third-order valence-electron chi connectivity index (χ3n) is 1.97. The van der Waals surface area contributed by atoms with Gasteiger partial charge in [-0.05, 0) is 39.0 Å². The number of hydrogen-bond acceptors (Lipinski definition) is 1. The molecule has 0 aliphatic rings. The Morgan fingerprint density at radius 3 is 2.36 bits per heavy atom. The normalized spacial score (nSPS) is 16.4. The second-order valence-electron chi connectivity index (χ2n) is 2.74. The molecule has 0 heterocycles.